The fraction of sp³-hybridized carbons (Fsp3) is 0.500. The van der Waals surface area contributed by atoms with Crippen molar-refractivity contribution in [2.24, 2.45) is 0 Å². The molecular formula is C14H18N2O4. The molecule has 1 aliphatic heterocycles. The molecule has 1 aromatic carbocycles. The van der Waals surface area contributed by atoms with Crippen LogP contribution in [0.2, 0.25) is 0 Å². The van der Waals surface area contributed by atoms with Gasteiger partial charge in [-0.05, 0) is 25.3 Å². The van der Waals surface area contributed by atoms with Crippen LogP contribution in [-0.2, 0) is 9.53 Å². The predicted molar refractivity (Wildman–Crippen MR) is 73.5 cm³/mol. The minimum absolute atomic E-state index is 0.0284. The van der Waals surface area contributed by atoms with Gasteiger partial charge in [0.05, 0.1) is 16.9 Å². The Labute approximate surface area is 117 Å². The van der Waals surface area contributed by atoms with Gasteiger partial charge in [-0.2, -0.15) is 0 Å². The van der Waals surface area contributed by atoms with Crippen LogP contribution in [0.1, 0.15) is 31.2 Å². The Morgan fingerprint density at radius 1 is 1.50 bits per heavy atom. The van der Waals surface area contributed by atoms with Gasteiger partial charge in [-0.25, -0.2) is 0 Å². The topological polar surface area (TPSA) is 81.5 Å². The number of nitrogens with zero attached hydrogens (tertiary/aromatic N) is 1. The van der Waals surface area contributed by atoms with E-state index in [1.165, 1.54) is 12.1 Å². The minimum atomic E-state index is -0.452. The Bertz CT molecular complexity index is 480. The molecule has 0 aliphatic carbocycles. The summed E-state index contributed by atoms with van der Waals surface area (Å²) in [5.41, 5.74) is 0.793. The number of benzene rings is 1. The van der Waals surface area contributed by atoms with E-state index in [-0.39, 0.29) is 23.6 Å². The first kappa shape index (κ1) is 14.5. The maximum absolute atomic E-state index is 12.0. The molecule has 1 N–H and O–H groups in total. The van der Waals surface area contributed by atoms with E-state index in [4.69, 9.17) is 4.74 Å². The number of ether oxygens (including phenoxy) is 1. The van der Waals surface area contributed by atoms with Gasteiger partial charge in [0.15, 0.2) is 0 Å². The first-order valence-electron chi connectivity index (χ1n) is 6.71. The number of carbonyl (C=O) groups excluding carboxylic acids is 1. The summed E-state index contributed by atoms with van der Waals surface area (Å²) >= 11 is 0. The summed E-state index contributed by atoms with van der Waals surface area (Å²) in [5, 5.41) is 13.4. The fourth-order valence-corrected chi connectivity index (χ4v) is 2.21. The van der Waals surface area contributed by atoms with Crippen molar-refractivity contribution < 1.29 is 14.5 Å². The molecule has 2 rings (SSSR count). The summed E-state index contributed by atoms with van der Waals surface area (Å²) in [6.45, 7) is 3.07. The highest BCUT2D eigenvalue weighted by Gasteiger charge is 2.20. The second kappa shape index (κ2) is 6.47. The standard InChI is InChI=1S/C14H18N2O4/c1-10(11-4-6-12(7-5-11)16(18)19)14(17)15-9-13-3-2-8-20-13/h4-7,10,13H,2-3,8-9H2,1H3,(H,15,17)/t10-,13-/m1/s1. The summed E-state index contributed by atoms with van der Waals surface area (Å²) in [5.74, 6) is -0.424. The van der Waals surface area contributed by atoms with E-state index in [1.54, 1.807) is 19.1 Å². The molecule has 20 heavy (non-hydrogen) atoms. The number of carbonyl (C=O) groups is 1. The highest BCUT2D eigenvalue weighted by molar-refractivity contribution is 5.83. The Morgan fingerprint density at radius 3 is 2.75 bits per heavy atom. The van der Waals surface area contributed by atoms with Gasteiger partial charge in [0.2, 0.25) is 5.91 Å². The van der Waals surface area contributed by atoms with E-state index in [2.05, 4.69) is 5.32 Å². The van der Waals surface area contributed by atoms with E-state index >= 15 is 0 Å². The molecule has 1 aromatic rings. The fourth-order valence-electron chi connectivity index (χ4n) is 2.21. The van der Waals surface area contributed by atoms with Crippen LogP contribution < -0.4 is 5.32 Å². The Hall–Kier alpha value is -1.95. The van der Waals surface area contributed by atoms with Crippen molar-refractivity contribution in [2.45, 2.75) is 31.8 Å². The molecule has 6 heteroatoms. The monoisotopic (exact) mass is 278 g/mol. The number of non-ortho nitro benzene ring substituents is 1. The molecular weight excluding hydrogens is 260 g/mol. The Morgan fingerprint density at radius 2 is 2.20 bits per heavy atom. The molecule has 0 radical (unpaired) electrons. The Balaban J connectivity index is 1.90. The lowest BCUT2D eigenvalue weighted by Gasteiger charge is -2.15. The van der Waals surface area contributed by atoms with Crippen LogP contribution in [0.5, 0.6) is 0 Å². The van der Waals surface area contributed by atoms with Crippen molar-refractivity contribution in [1.82, 2.24) is 5.32 Å². The molecule has 0 unspecified atom stereocenters. The van der Waals surface area contributed by atoms with Crippen LogP contribution >= 0.6 is 0 Å². The second-order valence-electron chi connectivity index (χ2n) is 4.95. The van der Waals surface area contributed by atoms with E-state index in [0.29, 0.717) is 6.54 Å². The zero-order valence-corrected chi connectivity index (χ0v) is 11.4. The van der Waals surface area contributed by atoms with Crippen molar-refractivity contribution in [3.63, 3.8) is 0 Å². The van der Waals surface area contributed by atoms with Gasteiger partial charge in [-0.3, -0.25) is 14.9 Å². The molecule has 2 atom stereocenters. The number of nitro benzene ring substituents is 1. The average Bonchev–Trinajstić information content (AvgIpc) is 2.97. The lowest BCUT2D eigenvalue weighted by atomic mass is 10.00. The van der Waals surface area contributed by atoms with Crippen LogP contribution in [0.4, 0.5) is 5.69 Å². The van der Waals surface area contributed by atoms with E-state index in [1.807, 2.05) is 0 Å². The molecule has 1 aliphatic rings. The number of nitro groups is 1. The molecule has 6 nitrogen and oxygen atoms in total. The van der Waals surface area contributed by atoms with E-state index < -0.39 is 4.92 Å². The zero-order chi connectivity index (χ0) is 14.5. The molecule has 1 amide bonds. The molecule has 1 saturated heterocycles. The molecule has 1 heterocycles. The van der Waals surface area contributed by atoms with Crippen LogP contribution in [0.15, 0.2) is 24.3 Å². The quantitative estimate of drug-likeness (QED) is 0.659. The minimum Gasteiger partial charge on any atom is -0.376 e. The summed E-state index contributed by atoms with van der Waals surface area (Å²) in [7, 11) is 0. The van der Waals surface area contributed by atoms with E-state index in [0.717, 1.165) is 25.0 Å². The third-order valence-electron chi connectivity index (χ3n) is 3.53. The summed E-state index contributed by atoms with van der Waals surface area (Å²) < 4.78 is 5.44. The molecule has 0 bridgehead atoms. The van der Waals surface area contributed by atoms with Crippen LogP contribution in [0.3, 0.4) is 0 Å². The molecule has 108 valence electrons. The maximum atomic E-state index is 12.0. The number of nitrogens with one attached hydrogen (secondary N) is 1. The van der Waals surface area contributed by atoms with Crippen molar-refractivity contribution in [3.05, 3.63) is 39.9 Å². The summed E-state index contributed by atoms with van der Waals surface area (Å²) in [6.07, 6.45) is 2.13. The van der Waals surface area contributed by atoms with Gasteiger partial charge < -0.3 is 10.1 Å². The van der Waals surface area contributed by atoms with Gasteiger partial charge in [0, 0.05) is 25.3 Å². The van der Waals surface area contributed by atoms with Gasteiger partial charge in [-0.1, -0.05) is 12.1 Å². The highest BCUT2D eigenvalue weighted by Crippen LogP contribution is 2.19. The van der Waals surface area contributed by atoms with Crippen LogP contribution in [0, 0.1) is 10.1 Å². The number of amides is 1. The molecule has 0 aromatic heterocycles. The SMILES string of the molecule is C[C@@H](C(=O)NC[C@H]1CCCO1)c1ccc([N+](=O)[O-])cc1. The molecule has 0 spiro atoms. The van der Waals surface area contributed by atoms with Gasteiger partial charge in [0.25, 0.3) is 5.69 Å². The first-order valence-corrected chi connectivity index (χ1v) is 6.71. The number of rotatable bonds is 5. The smallest absolute Gasteiger partial charge is 0.269 e. The van der Waals surface area contributed by atoms with Gasteiger partial charge in [0.1, 0.15) is 0 Å². The van der Waals surface area contributed by atoms with Gasteiger partial charge >= 0.3 is 0 Å². The lowest BCUT2D eigenvalue weighted by molar-refractivity contribution is -0.384. The van der Waals surface area contributed by atoms with Crippen LogP contribution in [0.25, 0.3) is 0 Å². The van der Waals surface area contributed by atoms with Crippen molar-refractivity contribution in [2.75, 3.05) is 13.2 Å². The van der Waals surface area contributed by atoms with E-state index in [9.17, 15) is 14.9 Å². The third-order valence-corrected chi connectivity index (χ3v) is 3.53. The zero-order valence-electron chi connectivity index (χ0n) is 11.4. The second-order valence-corrected chi connectivity index (χ2v) is 4.95. The lowest BCUT2D eigenvalue weighted by Crippen LogP contribution is -2.34. The maximum Gasteiger partial charge on any atom is 0.269 e. The molecule has 0 saturated carbocycles. The molecule has 1 fully saturated rings. The average molecular weight is 278 g/mol. The van der Waals surface area contributed by atoms with Gasteiger partial charge in [-0.15, -0.1) is 0 Å². The number of hydrogen-bond donors (Lipinski definition) is 1. The first-order chi connectivity index (χ1) is 9.58. The summed E-state index contributed by atoms with van der Waals surface area (Å²) in [4.78, 5) is 22.1. The summed E-state index contributed by atoms with van der Waals surface area (Å²) in [6, 6.07) is 6.07. The van der Waals surface area contributed by atoms with Crippen molar-refractivity contribution >= 4 is 11.6 Å². The predicted octanol–water partition coefficient (Wildman–Crippen LogP) is 1.99. The van der Waals surface area contributed by atoms with Crippen LogP contribution in [-0.4, -0.2) is 30.1 Å². The van der Waals surface area contributed by atoms with Crippen molar-refractivity contribution in [3.8, 4) is 0 Å². The van der Waals surface area contributed by atoms with Crippen molar-refractivity contribution in [1.29, 1.82) is 0 Å². The number of hydrogen-bond acceptors (Lipinski definition) is 4. The highest BCUT2D eigenvalue weighted by atomic mass is 16.6. The largest absolute Gasteiger partial charge is 0.376 e. The normalized spacial score (nSPS) is 19.6. The third kappa shape index (κ3) is 3.54. The Kier molecular flexibility index (Phi) is 4.68.